The highest BCUT2D eigenvalue weighted by atomic mass is 32.2. The summed E-state index contributed by atoms with van der Waals surface area (Å²) >= 11 is 0. The molecule has 2 heterocycles. The number of hydrogen-bond acceptors (Lipinski definition) is 5. The fourth-order valence-electron chi connectivity index (χ4n) is 5.27. The lowest BCUT2D eigenvalue weighted by Crippen LogP contribution is -2.48. The third kappa shape index (κ3) is 5.44. The second kappa shape index (κ2) is 10.5. The number of benzene rings is 3. The van der Waals surface area contributed by atoms with Crippen LogP contribution in [0, 0.1) is 0 Å². The maximum Gasteiger partial charge on any atom is 0.258 e. The van der Waals surface area contributed by atoms with Gasteiger partial charge in [-0.3, -0.25) is 14.0 Å². The summed E-state index contributed by atoms with van der Waals surface area (Å²) in [6, 6.07) is 24.5. The Balaban J connectivity index is 1.43. The van der Waals surface area contributed by atoms with Crippen LogP contribution in [0.3, 0.4) is 0 Å². The number of aromatic nitrogens is 1. The van der Waals surface area contributed by atoms with E-state index in [1.165, 1.54) is 23.3 Å². The molecule has 1 aromatic heterocycles. The molecule has 5 rings (SSSR count). The van der Waals surface area contributed by atoms with Gasteiger partial charge in [0.25, 0.3) is 5.56 Å². The first-order chi connectivity index (χ1) is 18.5. The van der Waals surface area contributed by atoms with E-state index in [0.717, 1.165) is 53.8 Å². The minimum Gasteiger partial charge on any atom is -0.369 e. The Kier molecular flexibility index (Phi) is 7.27. The fourth-order valence-corrected chi connectivity index (χ4v) is 5.78. The number of piperazine rings is 1. The van der Waals surface area contributed by atoms with Crippen molar-refractivity contribution in [2.24, 2.45) is 7.05 Å². The largest absolute Gasteiger partial charge is 0.369 e. The minimum atomic E-state index is -3.36. The number of aryl methyl sites for hydroxylation is 1. The van der Waals surface area contributed by atoms with Crippen LogP contribution in [-0.2, 0) is 17.1 Å². The van der Waals surface area contributed by atoms with Crippen LogP contribution in [0.15, 0.2) is 77.6 Å². The molecule has 7 nitrogen and oxygen atoms in total. The van der Waals surface area contributed by atoms with E-state index in [1.54, 1.807) is 35.9 Å². The number of sulfonamides is 1. The van der Waals surface area contributed by atoms with Crippen LogP contribution in [0.4, 0.5) is 11.4 Å². The van der Waals surface area contributed by atoms with Gasteiger partial charge in [0.1, 0.15) is 0 Å². The Bertz CT molecular complexity index is 1650. The second-order valence-corrected chi connectivity index (χ2v) is 12.7. The number of nitrogens with zero attached hydrogens (tertiary/aromatic N) is 4. The topological polar surface area (TPSA) is 65.9 Å². The van der Waals surface area contributed by atoms with E-state index in [0.29, 0.717) is 17.3 Å². The summed E-state index contributed by atoms with van der Waals surface area (Å²) < 4.78 is 26.7. The highest BCUT2D eigenvalue weighted by Crippen LogP contribution is 2.29. The second-order valence-electron chi connectivity index (χ2n) is 10.6. The van der Waals surface area contributed by atoms with E-state index in [1.807, 2.05) is 12.1 Å². The van der Waals surface area contributed by atoms with Crippen LogP contribution in [0.5, 0.6) is 0 Å². The Morgan fingerprint density at radius 1 is 0.795 bits per heavy atom. The molecular formula is C31H36N4O3S. The normalized spacial score (nSPS) is 14.8. The lowest BCUT2D eigenvalue weighted by atomic mass is 10.00. The van der Waals surface area contributed by atoms with Crippen LogP contribution < -0.4 is 14.8 Å². The van der Waals surface area contributed by atoms with Crippen LogP contribution in [0.25, 0.3) is 33.2 Å². The predicted octanol–water partition coefficient (Wildman–Crippen LogP) is 4.80. The van der Waals surface area contributed by atoms with Crippen molar-refractivity contribution in [1.82, 2.24) is 9.47 Å². The van der Waals surface area contributed by atoms with E-state index < -0.39 is 10.0 Å². The van der Waals surface area contributed by atoms with Gasteiger partial charge < -0.3 is 9.47 Å². The average molecular weight is 545 g/mol. The smallest absolute Gasteiger partial charge is 0.258 e. The molecule has 0 radical (unpaired) electrons. The minimum absolute atomic E-state index is 0.0959. The molecule has 0 amide bonds. The molecule has 1 fully saturated rings. The Hall–Kier alpha value is -3.62. The number of rotatable bonds is 6. The molecule has 0 N–H and O–H groups in total. The molecule has 8 heteroatoms. The van der Waals surface area contributed by atoms with Crippen molar-refractivity contribution in [3.05, 3.63) is 83.2 Å². The summed E-state index contributed by atoms with van der Waals surface area (Å²) in [4.78, 5) is 18.2. The van der Waals surface area contributed by atoms with Crippen molar-refractivity contribution in [3.63, 3.8) is 0 Å². The molecule has 1 saturated heterocycles. The van der Waals surface area contributed by atoms with Gasteiger partial charge in [-0.25, -0.2) is 8.42 Å². The van der Waals surface area contributed by atoms with Crippen LogP contribution in [0.2, 0.25) is 0 Å². The number of pyridine rings is 1. The summed E-state index contributed by atoms with van der Waals surface area (Å²) in [6.45, 7) is 8.76. The van der Waals surface area contributed by atoms with E-state index in [-0.39, 0.29) is 5.56 Å². The number of hydrogen-bond donors (Lipinski definition) is 0. The maximum absolute atomic E-state index is 13.2. The van der Waals surface area contributed by atoms with Gasteiger partial charge in [0.15, 0.2) is 0 Å². The zero-order valence-corrected chi connectivity index (χ0v) is 24.1. The lowest BCUT2D eigenvalue weighted by Gasteiger charge is -2.38. The fraction of sp³-hybridized carbons (Fsp3) is 0.323. The third-order valence-electron chi connectivity index (χ3n) is 7.87. The summed E-state index contributed by atoms with van der Waals surface area (Å²) in [5.41, 5.74) is 6.10. The Labute approximate surface area is 231 Å². The third-order valence-corrected chi connectivity index (χ3v) is 9.08. The maximum atomic E-state index is 13.2. The van der Waals surface area contributed by atoms with E-state index in [4.69, 9.17) is 0 Å². The lowest BCUT2D eigenvalue weighted by molar-refractivity contribution is 0.209. The van der Waals surface area contributed by atoms with Crippen molar-refractivity contribution >= 4 is 32.3 Å². The summed E-state index contributed by atoms with van der Waals surface area (Å²) in [5, 5.41) is 0.968. The molecule has 0 bridgehead atoms. The van der Waals surface area contributed by atoms with E-state index in [9.17, 15) is 13.2 Å². The van der Waals surface area contributed by atoms with E-state index >= 15 is 0 Å². The van der Waals surface area contributed by atoms with Crippen molar-refractivity contribution in [1.29, 1.82) is 0 Å². The van der Waals surface area contributed by atoms with Gasteiger partial charge in [0, 0.05) is 57.6 Å². The molecule has 1 aliphatic rings. The summed E-state index contributed by atoms with van der Waals surface area (Å²) in [6.07, 6.45) is 1.17. The van der Waals surface area contributed by atoms with Gasteiger partial charge in [0.2, 0.25) is 10.0 Å². The zero-order chi connectivity index (χ0) is 27.9. The predicted molar refractivity (Wildman–Crippen MR) is 162 cm³/mol. The SMILES string of the molecule is CC(C)N1CCN(c2ccc(-c3ccc4c(c3)cc(-c3ccc(N(C)S(C)(=O)=O)cc3)c(=O)n4C)cc2)CC1. The molecule has 39 heavy (non-hydrogen) atoms. The Morgan fingerprint density at radius 3 is 1.97 bits per heavy atom. The van der Waals surface area contributed by atoms with Crippen molar-refractivity contribution in [3.8, 4) is 22.3 Å². The van der Waals surface area contributed by atoms with Crippen LogP contribution >= 0.6 is 0 Å². The van der Waals surface area contributed by atoms with Gasteiger partial charge in [0.05, 0.1) is 17.5 Å². The molecule has 4 aromatic rings. The molecule has 204 valence electrons. The quantitative estimate of drug-likeness (QED) is 0.349. The summed E-state index contributed by atoms with van der Waals surface area (Å²) in [5.74, 6) is 0. The highest BCUT2D eigenvalue weighted by molar-refractivity contribution is 7.92. The van der Waals surface area contributed by atoms with Crippen molar-refractivity contribution in [2.45, 2.75) is 19.9 Å². The first-order valence-electron chi connectivity index (χ1n) is 13.3. The Morgan fingerprint density at radius 2 is 1.38 bits per heavy atom. The van der Waals surface area contributed by atoms with E-state index in [2.05, 4.69) is 60.0 Å². The molecule has 0 unspecified atom stereocenters. The number of fused-ring (bicyclic) bond motifs is 1. The van der Waals surface area contributed by atoms with Crippen LogP contribution in [-0.4, -0.2) is 63.4 Å². The molecule has 3 aromatic carbocycles. The van der Waals surface area contributed by atoms with Gasteiger partial charge >= 0.3 is 0 Å². The van der Waals surface area contributed by atoms with Gasteiger partial charge in [-0.05, 0) is 78.4 Å². The average Bonchev–Trinajstić information content (AvgIpc) is 2.94. The highest BCUT2D eigenvalue weighted by Gasteiger charge is 2.19. The molecule has 1 aliphatic heterocycles. The molecule has 0 aliphatic carbocycles. The monoisotopic (exact) mass is 544 g/mol. The van der Waals surface area contributed by atoms with Crippen molar-refractivity contribution < 1.29 is 8.42 Å². The summed E-state index contributed by atoms with van der Waals surface area (Å²) in [7, 11) is -0.0607. The molecule has 0 saturated carbocycles. The first kappa shape index (κ1) is 27.0. The van der Waals surface area contributed by atoms with Crippen LogP contribution in [0.1, 0.15) is 13.8 Å². The number of anilines is 2. The van der Waals surface area contributed by atoms with Gasteiger partial charge in [-0.1, -0.05) is 30.3 Å². The van der Waals surface area contributed by atoms with Gasteiger partial charge in [-0.15, -0.1) is 0 Å². The first-order valence-corrected chi connectivity index (χ1v) is 15.2. The standard InChI is InChI=1S/C31H36N4O3S/c1-22(2)34-16-18-35(19-17-34)28-13-6-23(7-14-28)25-10-15-30-26(20-25)21-29(31(36)32(30)3)24-8-11-27(12-9-24)33(4)39(5,37)38/h6-15,20-22H,16-19H2,1-5H3. The van der Waals surface area contributed by atoms with Gasteiger partial charge in [-0.2, -0.15) is 0 Å². The molecule has 0 spiro atoms. The molecule has 0 atom stereocenters. The molecular weight excluding hydrogens is 508 g/mol. The zero-order valence-electron chi connectivity index (χ0n) is 23.3. The van der Waals surface area contributed by atoms with Crippen molar-refractivity contribution in [2.75, 3.05) is 48.7 Å².